The quantitative estimate of drug-likeness (QED) is 0.652. The predicted molar refractivity (Wildman–Crippen MR) is 84.3 cm³/mol. The van der Waals surface area contributed by atoms with Gasteiger partial charge >= 0.3 is 0 Å². The number of rotatable bonds is 5. The van der Waals surface area contributed by atoms with Crippen LogP contribution in [0.5, 0.6) is 11.5 Å². The van der Waals surface area contributed by atoms with E-state index in [-0.39, 0.29) is 11.5 Å². The summed E-state index contributed by atoms with van der Waals surface area (Å²) < 4.78 is 15.6. The molecule has 0 aromatic heterocycles. The van der Waals surface area contributed by atoms with E-state index in [0.717, 1.165) is 0 Å². The van der Waals surface area contributed by atoms with Gasteiger partial charge in [0.05, 0.1) is 33.1 Å². The number of hydrogen-bond acceptors (Lipinski definition) is 6. The van der Waals surface area contributed by atoms with Gasteiger partial charge in [-0.05, 0) is 12.1 Å². The highest BCUT2D eigenvalue weighted by atomic mass is 16.5. The van der Waals surface area contributed by atoms with Crippen molar-refractivity contribution >= 4 is 11.6 Å². The van der Waals surface area contributed by atoms with Crippen LogP contribution in [0, 0.1) is 11.3 Å². The Morgan fingerprint density at radius 3 is 2.70 bits per heavy atom. The number of anilines is 1. The molecule has 1 aliphatic heterocycles. The molecular formula is C16H19N3O4. The molecule has 2 rings (SSSR count). The van der Waals surface area contributed by atoms with Gasteiger partial charge in [0.2, 0.25) is 0 Å². The zero-order chi connectivity index (χ0) is 16.7. The number of carbonyl (C=O) groups is 1. The maximum absolute atomic E-state index is 12.3. The number of hydrogen-bond donors (Lipinski definition) is 1. The summed E-state index contributed by atoms with van der Waals surface area (Å²) in [6.07, 6.45) is 1.38. The Kier molecular flexibility index (Phi) is 5.83. The third-order valence-corrected chi connectivity index (χ3v) is 3.43. The van der Waals surface area contributed by atoms with E-state index in [4.69, 9.17) is 14.2 Å². The highest BCUT2D eigenvalue weighted by Crippen LogP contribution is 2.29. The van der Waals surface area contributed by atoms with Crippen molar-refractivity contribution in [1.82, 2.24) is 4.90 Å². The van der Waals surface area contributed by atoms with Gasteiger partial charge in [-0.15, -0.1) is 0 Å². The van der Waals surface area contributed by atoms with Crippen LogP contribution >= 0.6 is 0 Å². The molecule has 7 nitrogen and oxygen atoms in total. The molecule has 0 spiro atoms. The van der Waals surface area contributed by atoms with Crippen molar-refractivity contribution in [1.29, 1.82) is 5.26 Å². The van der Waals surface area contributed by atoms with Crippen LogP contribution in [-0.2, 0) is 9.53 Å². The molecule has 23 heavy (non-hydrogen) atoms. The number of amides is 1. The molecule has 1 aromatic rings. The minimum Gasteiger partial charge on any atom is -0.497 e. The Morgan fingerprint density at radius 1 is 1.35 bits per heavy atom. The van der Waals surface area contributed by atoms with E-state index in [1.807, 2.05) is 6.07 Å². The fraction of sp³-hybridized carbons (Fsp3) is 0.375. The lowest BCUT2D eigenvalue weighted by atomic mass is 10.2. The van der Waals surface area contributed by atoms with Gasteiger partial charge in [0.25, 0.3) is 5.91 Å². The molecule has 0 radical (unpaired) electrons. The van der Waals surface area contributed by atoms with Gasteiger partial charge in [-0.1, -0.05) is 0 Å². The average Bonchev–Trinajstić information content (AvgIpc) is 2.62. The van der Waals surface area contributed by atoms with Gasteiger partial charge in [0.1, 0.15) is 23.1 Å². The molecule has 1 aromatic carbocycles. The number of ether oxygens (including phenoxy) is 3. The molecule has 7 heteroatoms. The number of nitrogens with zero attached hydrogens (tertiary/aromatic N) is 2. The summed E-state index contributed by atoms with van der Waals surface area (Å²) in [7, 11) is 3.10. The number of carbonyl (C=O) groups excluding carboxylic acids is 1. The molecule has 1 aliphatic rings. The zero-order valence-corrected chi connectivity index (χ0v) is 13.2. The average molecular weight is 317 g/mol. The van der Waals surface area contributed by atoms with Crippen LogP contribution < -0.4 is 14.8 Å². The van der Waals surface area contributed by atoms with Crippen molar-refractivity contribution in [3.8, 4) is 17.6 Å². The largest absolute Gasteiger partial charge is 0.497 e. The lowest BCUT2D eigenvalue weighted by molar-refractivity contribution is -0.130. The Balaban J connectivity index is 2.16. The van der Waals surface area contributed by atoms with Gasteiger partial charge in [-0.3, -0.25) is 4.79 Å². The topological polar surface area (TPSA) is 83.8 Å². The standard InChI is InChI=1S/C16H19N3O4/c1-21-13-3-4-15(22-2)14(9-13)18-11-12(10-17)16(20)19-5-7-23-8-6-19/h3-4,9,11,18H,5-8H2,1-2H3/b12-11-. The van der Waals surface area contributed by atoms with Gasteiger partial charge in [-0.25, -0.2) is 0 Å². The summed E-state index contributed by atoms with van der Waals surface area (Å²) in [5.41, 5.74) is 0.631. The Bertz CT molecular complexity index is 631. The lowest BCUT2D eigenvalue weighted by Gasteiger charge is -2.26. The van der Waals surface area contributed by atoms with E-state index in [1.165, 1.54) is 6.20 Å². The molecule has 1 amide bonds. The molecule has 1 saturated heterocycles. The number of nitriles is 1. The van der Waals surface area contributed by atoms with E-state index in [1.54, 1.807) is 37.3 Å². The summed E-state index contributed by atoms with van der Waals surface area (Å²) in [5, 5.41) is 12.2. The van der Waals surface area contributed by atoms with Crippen LogP contribution in [-0.4, -0.2) is 51.3 Å². The molecule has 122 valence electrons. The second-order valence-electron chi connectivity index (χ2n) is 4.78. The van der Waals surface area contributed by atoms with Crippen LogP contribution in [0.1, 0.15) is 0 Å². The predicted octanol–water partition coefficient (Wildman–Crippen LogP) is 1.38. The first kappa shape index (κ1) is 16.6. The molecule has 0 atom stereocenters. The lowest BCUT2D eigenvalue weighted by Crippen LogP contribution is -2.41. The monoisotopic (exact) mass is 317 g/mol. The highest BCUT2D eigenvalue weighted by molar-refractivity contribution is 5.97. The van der Waals surface area contributed by atoms with Crippen molar-refractivity contribution in [2.45, 2.75) is 0 Å². The fourth-order valence-corrected chi connectivity index (χ4v) is 2.16. The van der Waals surface area contributed by atoms with Crippen molar-refractivity contribution < 1.29 is 19.0 Å². The summed E-state index contributed by atoms with van der Waals surface area (Å²) >= 11 is 0. The van der Waals surface area contributed by atoms with Crippen LogP contribution in [0.15, 0.2) is 30.0 Å². The maximum Gasteiger partial charge on any atom is 0.266 e. The minimum atomic E-state index is -0.315. The second-order valence-corrected chi connectivity index (χ2v) is 4.78. The smallest absolute Gasteiger partial charge is 0.266 e. The molecule has 0 aliphatic carbocycles. The van der Waals surface area contributed by atoms with E-state index in [0.29, 0.717) is 43.5 Å². The SMILES string of the molecule is COc1ccc(OC)c(N/C=C(/C#N)C(=O)N2CCOCC2)c1. The second kappa shape index (κ2) is 8.06. The zero-order valence-electron chi connectivity index (χ0n) is 13.2. The van der Waals surface area contributed by atoms with Crippen molar-refractivity contribution in [3.05, 3.63) is 30.0 Å². The Labute approximate surface area is 135 Å². The van der Waals surface area contributed by atoms with Gasteiger partial charge in [-0.2, -0.15) is 5.26 Å². The summed E-state index contributed by atoms with van der Waals surface area (Å²) in [6.45, 7) is 1.95. The first-order chi connectivity index (χ1) is 11.2. The number of methoxy groups -OCH3 is 2. The van der Waals surface area contributed by atoms with Gasteiger partial charge < -0.3 is 24.4 Å². The van der Waals surface area contributed by atoms with Crippen LogP contribution in [0.2, 0.25) is 0 Å². The van der Waals surface area contributed by atoms with E-state index in [9.17, 15) is 10.1 Å². The van der Waals surface area contributed by atoms with Crippen molar-refractivity contribution in [2.24, 2.45) is 0 Å². The summed E-state index contributed by atoms with van der Waals surface area (Å²) in [4.78, 5) is 13.9. The Morgan fingerprint density at radius 2 is 2.09 bits per heavy atom. The molecule has 1 N–H and O–H groups in total. The van der Waals surface area contributed by atoms with Crippen molar-refractivity contribution in [2.75, 3.05) is 45.8 Å². The van der Waals surface area contributed by atoms with Crippen LogP contribution in [0.25, 0.3) is 0 Å². The molecule has 1 fully saturated rings. The summed E-state index contributed by atoms with van der Waals surface area (Å²) in [6, 6.07) is 7.16. The minimum absolute atomic E-state index is 0.0248. The van der Waals surface area contributed by atoms with E-state index in [2.05, 4.69) is 5.32 Å². The fourth-order valence-electron chi connectivity index (χ4n) is 2.16. The number of nitrogens with one attached hydrogen (secondary N) is 1. The third-order valence-electron chi connectivity index (χ3n) is 3.43. The number of morpholine rings is 1. The van der Waals surface area contributed by atoms with E-state index < -0.39 is 0 Å². The third kappa shape index (κ3) is 4.14. The summed E-state index contributed by atoms with van der Waals surface area (Å²) in [5.74, 6) is 0.906. The maximum atomic E-state index is 12.3. The normalized spacial score (nSPS) is 14.8. The van der Waals surface area contributed by atoms with Gasteiger partial charge in [0.15, 0.2) is 0 Å². The first-order valence-corrected chi connectivity index (χ1v) is 7.15. The molecule has 0 bridgehead atoms. The first-order valence-electron chi connectivity index (χ1n) is 7.15. The molecular weight excluding hydrogens is 298 g/mol. The Hall–Kier alpha value is -2.72. The number of benzene rings is 1. The van der Waals surface area contributed by atoms with Gasteiger partial charge in [0, 0.05) is 25.4 Å². The molecule has 0 saturated carbocycles. The van der Waals surface area contributed by atoms with Crippen LogP contribution in [0.3, 0.4) is 0 Å². The molecule has 0 unspecified atom stereocenters. The highest BCUT2D eigenvalue weighted by Gasteiger charge is 2.20. The van der Waals surface area contributed by atoms with Crippen LogP contribution in [0.4, 0.5) is 5.69 Å². The van der Waals surface area contributed by atoms with E-state index >= 15 is 0 Å². The van der Waals surface area contributed by atoms with Crippen molar-refractivity contribution in [3.63, 3.8) is 0 Å². The molecule has 1 heterocycles.